The van der Waals surface area contributed by atoms with Gasteiger partial charge in [-0.3, -0.25) is 0 Å². The SMILES string of the molecule is OCCOc1c(-c2cccc3ccccc23)cc(C(c2ccccc2)(c2ccccc2)c2cc(-c3cccc4ccccc34)c(OCCO)c(-c3cccc4ccccc34)c2)cc1-c1cccc2ccccc12. The van der Waals surface area contributed by atoms with E-state index in [0.29, 0.717) is 11.5 Å². The molecule has 0 atom stereocenters. The Bertz CT molecular complexity index is 3470. The summed E-state index contributed by atoms with van der Waals surface area (Å²) in [6, 6.07) is 91.1. The summed E-state index contributed by atoms with van der Waals surface area (Å²) in [5.74, 6) is 1.39. The van der Waals surface area contributed by atoms with Crippen LogP contribution in [0.25, 0.3) is 87.6 Å². The predicted octanol–water partition coefficient (Wildman–Crippen LogP) is 16.1. The van der Waals surface area contributed by atoms with Crippen molar-refractivity contribution < 1.29 is 19.7 Å². The van der Waals surface area contributed by atoms with Gasteiger partial charge in [-0.1, -0.05) is 231 Å². The lowest BCUT2D eigenvalue weighted by Gasteiger charge is -2.39. The standard InChI is InChI=1S/C69H52O4/c70-39-41-72-67-63(59-35-15-23-47-19-7-11-31-55(47)59)43-53(44-64(67)60-36-16-24-48-20-8-12-32-56(48)60)69(51-27-3-1-4-28-51,52-29-5-2-6-30-52)54-45-65(61-37-17-25-49-21-9-13-33-57(49)61)68(73-42-40-71)66(46-54)62-38-18-26-50-22-10-14-34-58(50)62/h1-38,43-46,70-71H,39-42H2. The van der Waals surface area contributed by atoms with E-state index < -0.39 is 5.41 Å². The highest BCUT2D eigenvalue weighted by atomic mass is 16.5. The van der Waals surface area contributed by atoms with Crippen LogP contribution in [0.4, 0.5) is 0 Å². The maximum Gasteiger partial charge on any atom is 0.135 e. The molecule has 0 aliphatic heterocycles. The van der Waals surface area contributed by atoms with Crippen LogP contribution < -0.4 is 9.47 Å². The van der Waals surface area contributed by atoms with E-state index in [-0.39, 0.29) is 26.4 Å². The Balaban J connectivity index is 1.30. The molecule has 12 aromatic carbocycles. The van der Waals surface area contributed by atoms with Gasteiger partial charge in [0.05, 0.1) is 18.6 Å². The maximum absolute atomic E-state index is 10.5. The zero-order valence-corrected chi connectivity index (χ0v) is 40.3. The molecular weight excluding hydrogens is 893 g/mol. The molecule has 73 heavy (non-hydrogen) atoms. The van der Waals surface area contributed by atoms with Crippen molar-refractivity contribution in [3.8, 4) is 56.0 Å². The van der Waals surface area contributed by atoms with E-state index in [4.69, 9.17) is 9.47 Å². The third-order valence-electron chi connectivity index (χ3n) is 14.5. The van der Waals surface area contributed by atoms with E-state index in [9.17, 15) is 10.2 Å². The van der Waals surface area contributed by atoms with Crippen LogP contribution in [0.1, 0.15) is 22.3 Å². The van der Waals surface area contributed by atoms with Crippen LogP contribution in [0.3, 0.4) is 0 Å². The second-order valence-corrected chi connectivity index (χ2v) is 18.5. The molecule has 0 heterocycles. The Labute approximate surface area is 425 Å². The largest absolute Gasteiger partial charge is 0.490 e. The van der Waals surface area contributed by atoms with Gasteiger partial charge in [0.2, 0.25) is 0 Å². The fraction of sp³-hybridized carbons (Fsp3) is 0.0725. The fourth-order valence-corrected chi connectivity index (χ4v) is 11.3. The van der Waals surface area contributed by atoms with Gasteiger partial charge in [-0.2, -0.15) is 0 Å². The number of hydrogen-bond acceptors (Lipinski definition) is 4. The topological polar surface area (TPSA) is 58.9 Å². The van der Waals surface area contributed by atoms with E-state index in [1.807, 2.05) is 0 Å². The number of ether oxygens (including phenoxy) is 2. The van der Waals surface area contributed by atoms with Crippen LogP contribution in [0.5, 0.6) is 11.5 Å². The first-order chi connectivity index (χ1) is 36.1. The first-order valence-corrected chi connectivity index (χ1v) is 25.0. The van der Waals surface area contributed by atoms with Gasteiger partial charge in [-0.05, 0) is 112 Å². The number of aliphatic hydroxyl groups is 2. The molecule has 0 radical (unpaired) electrons. The van der Waals surface area contributed by atoms with Crippen LogP contribution in [-0.2, 0) is 5.41 Å². The Kier molecular flexibility index (Phi) is 12.3. The van der Waals surface area contributed by atoms with Crippen molar-refractivity contribution in [1.82, 2.24) is 0 Å². The van der Waals surface area contributed by atoms with Crippen molar-refractivity contribution in [2.75, 3.05) is 26.4 Å². The molecule has 0 aromatic heterocycles. The van der Waals surface area contributed by atoms with Gasteiger partial charge >= 0.3 is 0 Å². The lowest BCUT2D eigenvalue weighted by Crippen LogP contribution is -2.31. The number of hydrogen-bond donors (Lipinski definition) is 2. The zero-order valence-electron chi connectivity index (χ0n) is 40.3. The fourth-order valence-electron chi connectivity index (χ4n) is 11.3. The Morgan fingerprint density at radius 2 is 0.521 bits per heavy atom. The molecule has 0 saturated heterocycles. The summed E-state index contributed by atoms with van der Waals surface area (Å²) in [5.41, 5.74) is 10.9. The van der Waals surface area contributed by atoms with Crippen molar-refractivity contribution in [3.63, 3.8) is 0 Å². The highest BCUT2D eigenvalue weighted by Crippen LogP contribution is 2.55. The summed E-state index contributed by atoms with van der Waals surface area (Å²) in [5, 5.41) is 29.9. The second-order valence-electron chi connectivity index (χ2n) is 18.5. The highest BCUT2D eigenvalue weighted by molar-refractivity contribution is 6.06. The van der Waals surface area contributed by atoms with E-state index >= 15 is 0 Å². The molecule has 4 nitrogen and oxygen atoms in total. The lowest BCUT2D eigenvalue weighted by atomic mass is 9.63. The maximum atomic E-state index is 10.5. The molecule has 0 amide bonds. The molecule has 0 fully saturated rings. The molecule has 0 spiro atoms. The van der Waals surface area contributed by atoms with Crippen LogP contribution in [-0.4, -0.2) is 36.6 Å². The normalized spacial score (nSPS) is 11.6. The smallest absolute Gasteiger partial charge is 0.135 e. The predicted molar refractivity (Wildman–Crippen MR) is 302 cm³/mol. The van der Waals surface area contributed by atoms with Crippen molar-refractivity contribution >= 4 is 43.1 Å². The molecule has 352 valence electrons. The summed E-state index contributed by atoms with van der Waals surface area (Å²) in [4.78, 5) is 0. The average molecular weight is 945 g/mol. The first-order valence-electron chi connectivity index (χ1n) is 25.0. The van der Waals surface area contributed by atoms with E-state index in [1.165, 1.54) is 0 Å². The minimum Gasteiger partial charge on any atom is -0.490 e. The van der Waals surface area contributed by atoms with Gasteiger partial charge < -0.3 is 19.7 Å². The summed E-state index contributed by atoms with van der Waals surface area (Å²) in [6.07, 6.45) is 0. The number of fused-ring (bicyclic) bond motifs is 4. The van der Waals surface area contributed by atoms with Crippen molar-refractivity contribution in [3.05, 3.63) is 277 Å². The molecule has 4 heteroatoms. The van der Waals surface area contributed by atoms with Crippen LogP contribution in [0.15, 0.2) is 255 Å². The molecular formula is C69H52O4. The molecule has 0 unspecified atom stereocenters. The van der Waals surface area contributed by atoms with Crippen molar-refractivity contribution in [2.45, 2.75) is 5.41 Å². The molecule has 0 aliphatic rings. The van der Waals surface area contributed by atoms with Crippen LogP contribution in [0, 0.1) is 0 Å². The van der Waals surface area contributed by atoms with Crippen LogP contribution in [0.2, 0.25) is 0 Å². The molecule has 0 aliphatic carbocycles. The van der Waals surface area contributed by atoms with E-state index in [0.717, 1.165) is 110 Å². The minimum atomic E-state index is -1.01. The van der Waals surface area contributed by atoms with Gasteiger partial charge in [0.1, 0.15) is 24.7 Å². The van der Waals surface area contributed by atoms with E-state index in [1.54, 1.807) is 0 Å². The Morgan fingerprint density at radius 1 is 0.260 bits per heavy atom. The number of rotatable bonds is 14. The number of aliphatic hydroxyl groups excluding tert-OH is 2. The second kappa shape index (κ2) is 19.8. The van der Waals surface area contributed by atoms with Gasteiger partial charge in [-0.25, -0.2) is 0 Å². The third kappa shape index (κ3) is 8.08. The summed E-state index contributed by atoms with van der Waals surface area (Å²) < 4.78 is 13.8. The highest BCUT2D eigenvalue weighted by Gasteiger charge is 2.41. The molecule has 12 rings (SSSR count). The van der Waals surface area contributed by atoms with Crippen molar-refractivity contribution in [2.24, 2.45) is 0 Å². The third-order valence-corrected chi connectivity index (χ3v) is 14.5. The summed E-state index contributed by atoms with van der Waals surface area (Å²) in [7, 11) is 0. The Hall–Kier alpha value is -8.80. The number of benzene rings is 12. The van der Waals surface area contributed by atoms with Gasteiger partial charge in [0, 0.05) is 22.3 Å². The average Bonchev–Trinajstić information content (AvgIpc) is 3.46. The Morgan fingerprint density at radius 3 is 0.808 bits per heavy atom. The minimum absolute atomic E-state index is 0.107. The quantitative estimate of drug-likeness (QED) is 0.107. The summed E-state index contributed by atoms with van der Waals surface area (Å²) >= 11 is 0. The van der Waals surface area contributed by atoms with Gasteiger partial charge in [0.15, 0.2) is 0 Å². The monoisotopic (exact) mass is 944 g/mol. The molecule has 0 bridgehead atoms. The van der Waals surface area contributed by atoms with Crippen molar-refractivity contribution in [1.29, 1.82) is 0 Å². The van der Waals surface area contributed by atoms with Gasteiger partial charge in [0.25, 0.3) is 0 Å². The molecule has 2 N–H and O–H groups in total. The molecule has 0 saturated carbocycles. The lowest BCUT2D eigenvalue weighted by molar-refractivity contribution is 0.202. The summed E-state index contributed by atoms with van der Waals surface area (Å²) in [6.45, 7) is -0.0878. The first kappa shape index (κ1) is 45.3. The van der Waals surface area contributed by atoms with E-state index in [2.05, 4.69) is 255 Å². The molecule has 12 aromatic rings. The van der Waals surface area contributed by atoms with Gasteiger partial charge in [-0.15, -0.1) is 0 Å². The zero-order chi connectivity index (χ0) is 49.1. The van der Waals surface area contributed by atoms with Crippen LogP contribution >= 0.6 is 0 Å².